The standard InChI is InChI=1S/C21H28N2O/c1-18(8-9-19-6-4-3-5-7-19)22-14-16-23(17-15-22)20-10-12-21(24-2)13-11-20/h3-7,10-13,18H,8-9,14-17H2,1-2H3. The van der Waals surface area contributed by atoms with Crippen LogP contribution in [-0.4, -0.2) is 44.2 Å². The van der Waals surface area contributed by atoms with Crippen molar-refractivity contribution in [3.8, 4) is 5.75 Å². The molecule has 1 saturated heterocycles. The summed E-state index contributed by atoms with van der Waals surface area (Å²) < 4.78 is 5.24. The molecule has 3 rings (SSSR count). The van der Waals surface area contributed by atoms with E-state index in [1.807, 2.05) is 12.1 Å². The normalized spacial score (nSPS) is 16.8. The topological polar surface area (TPSA) is 15.7 Å². The van der Waals surface area contributed by atoms with Crippen molar-refractivity contribution < 1.29 is 4.74 Å². The van der Waals surface area contributed by atoms with Gasteiger partial charge in [0.2, 0.25) is 0 Å². The first kappa shape index (κ1) is 16.8. The molecule has 0 radical (unpaired) electrons. The number of hydrogen-bond donors (Lipinski definition) is 0. The van der Waals surface area contributed by atoms with E-state index in [1.54, 1.807) is 7.11 Å². The van der Waals surface area contributed by atoms with Crippen LogP contribution >= 0.6 is 0 Å². The Morgan fingerprint density at radius 2 is 1.58 bits per heavy atom. The maximum Gasteiger partial charge on any atom is 0.119 e. The number of rotatable bonds is 6. The van der Waals surface area contributed by atoms with Crippen LogP contribution in [0.3, 0.4) is 0 Å². The maximum absolute atomic E-state index is 5.24. The van der Waals surface area contributed by atoms with E-state index >= 15 is 0 Å². The number of ether oxygens (including phenoxy) is 1. The van der Waals surface area contributed by atoms with Gasteiger partial charge in [-0.15, -0.1) is 0 Å². The minimum Gasteiger partial charge on any atom is -0.497 e. The fraction of sp³-hybridized carbons (Fsp3) is 0.429. The van der Waals surface area contributed by atoms with E-state index in [4.69, 9.17) is 4.74 Å². The van der Waals surface area contributed by atoms with E-state index in [0.717, 1.165) is 31.9 Å². The van der Waals surface area contributed by atoms with Gasteiger partial charge in [-0.3, -0.25) is 4.90 Å². The molecule has 0 bridgehead atoms. The Balaban J connectivity index is 1.47. The van der Waals surface area contributed by atoms with Crippen molar-refractivity contribution in [1.82, 2.24) is 4.90 Å². The molecule has 1 heterocycles. The highest BCUT2D eigenvalue weighted by Crippen LogP contribution is 2.21. The van der Waals surface area contributed by atoms with Crippen LogP contribution in [0.1, 0.15) is 18.9 Å². The van der Waals surface area contributed by atoms with Crippen LogP contribution in [0.25, 0.3) is 0 Å². The minimum atomic E-state index is 0.642. The Morgan fingerprint density at radius 1 is 0.917 bits per heavy atom. The van der Waals surface area contributed by atoms with Crippen molar-refractivity contribution in [2.24, 2.45) is 0 Å². The van der Waals surface area contributed by atoms with E-state index < -0.39 is 0 Å². The molecule has 24 heavy (non-hydrogen) atoms. The monoisotopic (exact) mass is 324 g/mol. The fourth-order valence-corrected chi connectivity index (χ4v) is 3.42. The van der Waals surface area contributed by atoms with Gasteiger partial charge in [-0.1, -0.05) is 30.3 Å². The zero-order valence-electron chi connectivity index (χ0n) is 14.8. The molecule has 1 fully saturated rings. The third-order valence-electron chi connectivity index (χ3n) is 5.07. The number of piperazine rings is 1. The lowest BCUT2D eigenvalue weighted by atomic mass is 10.0. The predicted octanol–water partition coefficient (Wildman–Crippen LogP) is 3.84. The summed E-state index contributed by atoms with van der Waals surface area (Å²) in [5, 5.41) is 0. The third kappa shape index (κ3) is 4.30. The van der Waals surface area contributed by atoms with Gasteiger partial charge in [-0.05, 0) is 49.6 Å². The van der Waals surface area contributed by atoms with Crippen LogP contribution in [0.4, 0.5) is 5.69 Å². The molecule has 1 aliphatic rings. The Kier molecular flexibility index (Phi) is 5.76. The number of nitrogens with zero attached hydrogens (tertiary/aromatic N) is 2. The van der Waals surface area contributed by atoms with Crippen LogP contribution in [0.5, 0.6) is 5.75 Å². The molecule has 3 nitrogen and oxygen atoms in total. The van der Waals surface area contributed by atoms with E-state index in [-0.39, 0.29) is 0 Å². The van der Waals surface area contributed by atoms with Gasteiger partial charge >= 0.3 is 0 Å². The summed E-state index contributed by atoms with van der Waals surface area (Å²) in [6.07, 6.45) is 2.40. The molecular weight excluding hydrogens is 296 g/mol. The Hall–Kier alpha value is -2.00. The second-order valence-electron chi connectivity index (χ2n) is 6.59. The zero-order valence-corrected chi connectivity index (χ0v) is 14.8. The van der Waals surface area contributed by atoms with E-state index in [1.165, 1.54) is 24.1 Å². The van der Waals surface area contributed by atoms with Crippen LogP contribution in [0.2, 0.25) is 0 Å². The van der Waals surface area contributed by atoms with Gasteiger partial charge in [0.25, 0.3) is 0 Å². The number of hydrogen-bond acceptors (Lipinski definition) is 3. The molecule has 1 aliphatic heterocycles. The largest absolute Gasteiger partial charge is 0.497 e. The zero-order chi connectivity index (χ0) is 16.8. The molecule has 0 spiro atoms. The maximum atomic E-state index is 5.24. The van der Waals surface area contributed by atoms with Crippen LogP contribution < -0.4 is 9.64 Å². The first-order valence-electron chi connectivity index (χ1n) is 8.93. The van der Waals surface area contributed by atoms with Crippen molar-refractivity contribution >= 4 is 5.69 Å². The van der Waals surface area contributed by atoms with Gasteiger partial charge in [0.1, 0.15) is 5.75 Å². The second-order valence-corrected chi connectivity index (χ2v) is 6.59. The highest BCUT2D eigenvalue weighted by atomic mass is 16.5. The minimum absolute atomic E-state index is 0.642. The molecule has 0 amide bonds. The lowest BCUT2D eigenvalue weighted by Crippen LogP contribution is -2.49. The molecular formula is C21H28N2O. The molecule has 0 aliphatic carbocycles. The van der Waals surface area contributed by atoms with Crippen molar-refractivity contribution in [2.75, 3.05) is 38.2 Å². The summed E-state index contributed by atoms with van der Waals surface area (Å²) in [5.41, 5.74) is 2.74. The molecule has 2 aromatic rings. The van der Waals surface area contributed by atoms with E-state index in [2.05, 4.69) is 59.2 Å². The number of methoxy groups -OCH3 is 1. The summed E-state index contributed by atoms with van der Waals surface area (Å²) >= 11 is 0. The second kappa shape index (κ2) is 8.20. The Labute approximate surface area is 145 Å². The van der Waals surface area contributed by atoms with Crippen LogP contribution in [0, 0.1) is 0 Å². The van der Waals surface area contributed by atoms with Gasteiger partial charge < -0.3 is 9.64 Å². The number of anilines is 1. The van der Waals surface area contributed by atoms with Gasteiger partial charge in [0.15, 0.2) is 0 Å². The lowest BCUT2D eigenvalue weighted by molar-refractivity contribution is 0.189. The van der Waals surface area contributed by atoms with Crippen molar-refractivity contribution in [2.45, 2.75) is 25.8 Å². The molecule has 1 atom stereocenters. The molecule has 128 valence electrons. The van der Waals surface area contributed by atoms with Crippen LogP contribution in [-0.2, 0) is 6.42 Å². The molecule has 0 aromatic heterocycles. The van der Waals surface area contributed by atoms with Gasteiger partial charge in [0, 0.05) is 37.9 Å². The van der Waals surface area contributed by atoms with E-state index in [9.17, 15) is 0 Å². The number of benzene rings is 2. The van der Waals surface area contributed by atoms with Crippen molar-refractivity contribution in [3.05, 3.63) is 60.2 Å². The first-order chi connectivity index (χ1) is 11.8. The predicted molar refractivity (Wildman–Crippen MR) is 101 cm³/mol. The highest BCUT2D eigenvalue weighted by Gasteiger charge is 2.21. The first-order valence-corrected chi connectivity index (χ1v) is 8.93. The van der Waals surface area contributed by atoms with E-state index in [0.29, 0.717) is 6.04 Å². The van der Waals surface area contributed by atoms with Gasteiger partial charge in [0.05, 0.1) is 7.11 Å². The Bertz CT molecular complexity index is 603. The Morgan fingerprint density at radius 3 is 2.21 bits per heavy atom. The SMILES string of the molecule is COc1ccc(N2CCN(C(C)CCc3ccccc3)CC2)cc1. The van der Waals surface area contributed by atoms with Crippen molar-refractivity contribution in [3.63, 3.8) is 0 Å². The summed E-state index contributed by atoms with van der Waals surface area (Å²) in [6, 6.07) is 19.9. The molecule has 2 aromatic carbocycles. The summed E-state index contributed by atoms with van der Waals surface area (Å²) in [5.74, 6) is 0.923. The average Bonchev–Trinajstić information content (AvgIpc) is 2.67. The lowest BCUT2D eigenvalue weighted by Gasteiger charge is -2.39. The highest BCUT2D eigenvalue weighted by molar-refractivity contribution is 5.49. The summed E-state index contributed by atoms with van der Waals surface area (Å²) in [4.78, 5) is 5.10. The molecule has 0 N–H and O–H groups in total. The molecule has 1 unspecified atom stereocenters. The summed E-state index contributed by atoms with van der Waals surface area (Å²) in [6.45, 7) is 6.85. The third-order valence-corrected chi connectivity index (χ3v) is 5.07. The molecule has 3 heteroatoms. The molecule has 0 saturated carbocycles. The smallest absolute Gasteiger partial charge is 0.119 e. The fourth-order valence-electron chi connectivity index (χ4n) is 3.42. The number of aryl methyl sites for hydroxylation is 1. The van der Waals surface area contributed by atoms with Crippen LogP contribution in [0.15, 0.2) is 54.6 Å². The average molecular weight is 324 g/mol. The van der Waals surface area contributed by atoms with Gasteiger partial charge in [-0.2, -0.15) is 0 Å². The summed E-state index contributed by atoms with van der Waals surface area (Å²) in [7, 11) is 1.71. The van der Waals surface area contributed by atoms with Gasteiger partial charge in [-0.25, -0.2) is 0 Å². The van der Waals surface area contributed by atoms with Crippen molar-refractivity contribution in [1.29, 1.82) is 0 Å². The quantitative estimate of drug-likeness (QED) is 0.803.